The SMILES string of the molecule is N#Cc1nc(C(=O)NCC(=O)O)c(O)c2c1c1ccccc1n2-c1ccccc1. The van der Waals surface area contributed by atoms with E-state index in [0.717, 1.165) is 11.2 Å². The van der Waals surface area contributed by atoms with E-state index < -0.39 is 29.9 Å². The predicted octanol–water partition coefficient (Wildman–Crippen LogP) is 2.57. The number of carboxylic acid groups (broad SMARTS) is 1. The van der Waals surface area contributed by atoms with E-state index in [-0.39, 0.29) is 11.2 Å². The lowest BCUT2D eigenvalue weighted by Crippen LogP contribution is -2.30. The molecule has 142 valence electrons. The highest BCUT2D eigenvalue weighted by Gasteiger charge is 2.25. The van der Waals surface area contributed by atoms with Crippen LogP contribution in [0.2, 0.25) is 0 Å². The van der Waals surface area contributed by atoms with Crippen molar-refractivity contribution < 1.29 is 19.8 Å². The first kappa shape index (κ1) is 18.0. The zero-order valence-electron chi connectivity index (χ0n) is 15.0. The molecule has 0 spiro atoms. The van der Waals surface area contributed by atoms with Crippen LogP contribution in [0.3, 0.4) is 0 Å². The van der Waals surface area contributed by atoms with Gasteiger partial charge in [0.25, 0.3) is 5.91 Å². The Labute approximate surface area is 164 Å². The summed E-state index contributed by atoms with van der Waals surface area (Å²) in [7, 11) is 0. The van der Waals surface area contributed by atoms with Crippen molar-refractivity contribution in [2.24, 2.45) is 0 Å². The minimum absolute atomic E-state index is 0.0378. The van der Waals surface area contributed by atoms with Gasteiger partial charge in [0.1, 0.15) is 18.1 Å². The molecule has 0 aliphatic heterocycles. The number of pyridine rings is 1. The van der Waals surface area contributed by atoms with Gasteiger partial charge in [0, 0.05) is 16.5 Å². The molecule has 3 N–H and O–H groups in total. The molecule has 4 aromatic rings. The molecule has 0 unspecified atom stereocenters. The third-order valence-electron chi connectivity index (χ3n) is 4.52. The maximum Gasteiger partial charge on any atom is 0.322 e. The molecule has 0 atom stereocenters. The summed E-state index contributed by atoms with van der Waals surface area (Å²) in [5.74, 6) is -2.55. The molecule has 0 fully saturated rings. The Morgan fingerprint density at radius 3 is 2.48 bits per heavy atom. The van der Waals surface area contributed by atoms with Crippen LogP contribution < -0.4 is 5.32 Å². The van der Waals surface area contributed by atoms with E-state index in [1.165, 1.54) is 0 Å². The van der Waals surface area contributed by atoms with Gasteiger partial charge in [0.15, 0.2) is 17.1 Å². The highest BCUT2D eigenvalue weighted by molar-refractivity contribution is 6.15. The molecule has 0 aliphatic rings. The maximum absolute atomic E-state index is 12.4. The lowest BCUT2D eigenvalue weighted by Gasteiger charge is -2.11. The Balaban J connectivity index is 2.11. The van der Waals surface area contributed by atoms with Crippen LogP contribution in [-0.4, -0.2) is 38.2 Å². The summed E-state index contributed by atoms with van der Waals surface area (Å²) in [5, 5.41) is 32.7. The minimum atomic E-state index is -1.24. The summed E-state index contributed by atoms with van der Waals surface area (Å²) < 4.78 is 1.75. The Morgan fingerprint density at radius 2 is 1.79 bits per heavy atom. The number of hydrogen-bond donors (Lipinski definition) is 3. The first-order chi connectivity index (χ1) is 14.0. The number of fused-ring (bicyclic) bond motifs is 3. The van der Waals surface area contributed by atoms with Gasteiger partial charge in [-0.05, 0) is 18.2 Å². The van der Waals surface area contributed by atoms with Crippen molar-refractivity contribution in [3.05, 3.63) is 66.0 Å². The molecule has 0 saturated heterocycles. The first-order valence-corrected chi connectivity index (χ1v) is 8.64. The standard InChI is InChI=1S/C21H14N4O4/c22-10-14-17-13-8-4-5-9-15(13)25(12-6-2-1-3-7-12)19(17)20(28)18(24-14)21(29)23-11-16(26)27/h1-9,28H,11H2,(H,23,29)(H,26,27). The second-order valence-electron chi connectivity index (χ2n) is 6.26. The van der Waals surface area contributed by atoms with E-state index >= 15 is 0 Å². The summed E-state index contributed by atoms with van der Waals surface area (Å²) in [4.78, 5) is 27.2. The average Bonchev–Trinajstić information content (AvgIpc) is 3.09. The van der Waals surface area contributed by atoms with Crippen LogP contribution in [0.1, 0.15) is 16.2 Å². The molecule has 8 heteroatoms. The van der Waals surface area contributed by atoms with Crippen molar-refractivity contribution in [2.45, 2.75) is 0 Å². The Kier molecular flexibility index (Phi) is 4.33. The number of carbonyl (C=O) groups excluding carboxylic acids is 1. The number of amides is 1. The molecule has 0 aliphatic carbocycles. The predicted molar refractivity (Wildman–Crippen MR) is 105 cm³/mol. The van der Waals surface area contributed by atoms with Crippen LogP contribution in [0, 0.1) is 11.3 Å². The number of carboxylic acids is 1. The van der Waals surface area contributed by atoms with Gasteiger partial charge in [-0.1, -0.05) is 36.4 Å². The number of aromatic nitrogens is 2. The van der Waals surface area contributed by atoms with Crippen LogP contribution in [-0.2, 0) is 4.79 Å². The fraction of sp³-hybridized carbons (Fsp3) is 0.0476. The van der Waals surface area contributed by atoms with Crippen molar-refractivity contribution in [1.29, 1.82) is 5.26 Å². The highest BCUT2D eigenvalue weighted by Crippen LogP contribution is 2.39. The van der Waals surface area contributed by atoms with E-state index in [4.69, 9.17) is 5.11 Å². The van der Waals surface area contributed by atoms with Crippen molar-refractivity contribution in [3.63, 3.8) is 0 Å². The molecule has 0 radical (unpaired) electrons. The zero-order chi connectivity index (χ0) is 20.5. The molecule has 2 heterocycles. The lowest BCUT2D eigenvalue weighted by atomic mass is 10.1. The maximum atomic E-state index is 12.4. The summed E-state index contributed by atoms with van der Waals surface area (Å²) in [6.45, 7) is -0.637. The summed E-state index contributed by atoms with van der Waals surface area (Å²) in [6, 6.07) is 18.5. The number of aliphatic carboxylic acids is 1. The number of hydrogen-bond acceptors (Lipinski definition) is 5. The van der Waals surface area contributed by atoms with Gasteiger partial charge in [-0.2, -0.15) is 5.26 Å². The Hall–Kier alpha value is -4.38. The second kappa shape index (κ2) is 6.98. The third-order valence-corrected chi connectivity index (χ3v) is 4.52. The quantitative estimate of drug-likeness (QED) is 0.494. The zero-order valence-corrected chi connectivity index (χ0v) is 15.0. The van der Waals surface area contributed by atoms with Crippen LogP contribution in [0.5, 0.6) is 5.75 Å². The van der Waals surface area contributed by atoms with Crippen LogP contribution in [0.15, 0.2) is 54.6 Å². The summed E-state index contributed by atoms with van der Waals surface area (Å²) in [5.41, 5.74) is 1.26. The van der Waals surface area contributed by atoms with Gasteiger partial charge >= 0.3 is 5.97 Å². The van der Waals surface area contributed by atoms with Crippen molar-refractivity contribution >= 4 is 33.7 Å². The number of nitriles is 1. The summed E-state index contributed by atoms with van der Waals surface area (Å²) >= 11 is 0. The highest BCUT2D eigenvalue weighted by atomic mass is 16.4. The molecule has 0 saturated carbocycles. The first-order valence-electron chi connectivity index (χ1n) is 8.64. The number of para-hydroxylation sites is 2. The monoisotopic (exact) mass is 386 g/mol. The molecule has 2 aromatic heterocycles. The number of carbonyl (C=O) groups is 2. The molecular formula is C21H14N4O4. The minimum Gasteiger partial charge on any atom is -0.504 e. The number of nitrogens with one attached hydrogen (secondary N) is 1. The molecule has 0 bridgehead atoms. The summed E-state index contributed by atoms with van der Waals surface area (Å²) in [6.07, 6.45) is 0. The molecule has 4 rings (SSSR count). The van der Waals surface area contributed by atoms with Crippen molar-refractivity contribution in [2.75, 3.05) is 6.54 Å². The van der Waals surface area contributed by atoms with Gasteiger partial charge in [-0.3, -0.25) is 9.59 Å². The normalized spacial score (nSPS) is 10.7. The van der Waals surface area contributed by atoms with Crippen LogP contribution in [0.4, 0.5) is 0 Å². The van der Waals surface area contributed by atoms with Crippen molar-refractivity contribution in [3.8, 4) is 17.5 Å². The van der Waals surface area contributed by atoms with Gasteiger partial charge in [-0.15, -0.1) is 0 Å². The van der Waals surface area contributed by atoms with E-state index in [9.17, 15) is 20.0 Å². The fourth-order valence-electron chi connectivity index (χ4n) is 3.36. The third kappa shape index (κ3) is 2.91. The number of rotatable bonds is 4. The van der Waals surface area contributed by atoms with Gasteiger partial charge in [-0.25, -0.2) is 4.98 Å². The largest absolute Gasteiger partial charge is 0.504 e. The average molecular weight is 386 g/mol. The Morgan fingerprint density at radius 1 is 1.10 bits per heavy atom. The van der Waals surface area contributed by atoms with E-state index in [0.29, 0.717) is 10.8 Å². The molecule has 2 aromatic carbocycles. The number of nitrogens with zero attached hydrogens (tertiary/aromatic N) is 3. The molecular weight excluding hydrogens is 372 g/mol. The fourth-order valence-corrected chi connectivity index (χ4v) is 3.36. The number of aromatic hydroxyl groups is 1. The second-order valence-corrected chi connectivity index (χ2v) is 6.26. The van der Waals surface area contributed by atoms with E-state index in [1.807, 2.05) is 60.7 Å². The van der Waals surface area contributed by atoms with Gasteiger partial charge in [0.05, 0.1) is 5.52 Å². The molecule has 29 heavy (non-hydrogen) atoms. The van der Waals surface area contributed by atoms with Crippen LogP contribution in [0.25, 0.3) is 27.5 Å². The van der Waals surface area contributed by atoms with Crippen LogP contribution >= 0.6 is 0 Å². The topological polar surface area (TPSA) is 128 Å². The van der Waals surface area contributed by atoms with Gasteiger partial charge < -0.3 is 20.1 Å². The molecule has 1 amide bonds. The van der Waals surface area contributed by atoms with Crippen molar-refractivity contribution in [1.82, 2.24) is 14.9 Å². The lowest BCUT2D eigenvalue weighted by molar-refractivity contribution is -0.135. The van der Waals surface area contributed by atoms with E-state index in [1.54, 1.807) is 4.57 Å². The van der Waals surface area contributed by atoms with E-state index in [2.05, 4.69) is 10.3 Å². The smallest absolute Gasteiger partial charge is 0.322 e. The Bertz CT molecular complexity index is 1320. The molecule has 8 nitrogen and oxygen atoms in total. The number of benzene rings is 2. The van der Waals surface area contributed by atoms with Gasteiger partial charge in [0.2, 0.25) is 0 Å².